The molecule has 1 unspecified atom stereocenters. The summed E-state index contributed by atoms with van der Waals surface area (Å²) in [5, 5.41) is 3.51. The first-order chi connectivity index (χ1) is 8.45. The lowest BCUT2D eigenvalue weighted by Crippen LogP contribution is -2.21. The maximum Gasteiger partial charge on any atom is 0.0474 e. The highest BCUT2D eigenvalue weighted by molar-refractivity contribution is 5.28. The van der Waals surface area contributed by atoms with Crippen LogP contribution in [0.15, 0.2) is 24.3 Å². The fourth-order valence-corrected chi connectivity index (χ4v) is 1.92. The zero-order valence-corrected chi connectivity index (χ0v) is 12.4. The second-order valence-electron chi connectivity index (χ2n) is 5.89. The van der Waals surface area contributed by atoms with Crippen LogP contribution in [0.5, 0.6) is 0 Å². The molecule has 0 saturated carbocycles. The Hall–Kier alpha value is -0.860. The molecule has 0 fully saturated rings. The van der Waals surface area contributed by atoms with Gasteiger partial charge >= 0.3 is 0 Å². The van der Waals surface area contributed by atoms with Crippen LogP contribution >= 0.6 is 0 Å². The van der Waals surface area contributed by atoms with E-state index < -0.39 is 0 Å². The molecule has 1 rings (SSSR count). The molecule has 0 aliphatic carbocycles. The molecule has 1 N–H and O–H groups in total. The van der Waals surface area contributed by atoms with Crippen LogP contribution in [0, 0.1) is 0 Å². The standard InChI is InChI=1S/C16H27NO/c1-13(17-11-6-12-18-5)14-7-9-15(10-8-14)16(2,3)4/h7-10,13,17H,6,11-12H2,1-5H3. The van der Waals surface area contributed by atoms with E-state index >= 15 is 0 Å². The molecule has 1 atom stereocenters. The van der Waals surface area contributed by atoms with Crippen molar-refractivity contribution < 1.29 is 4.74 Å². The van der Waals surface area contributed by atoms with Crippen LogP contribution in [0.25, 0.3) is 0 Å². The van der Waals surface area contributed by atoms with Crippen molar-refractivity contribution in [2.24, 2.45) is 0 Å². The average molecular weight is 249 g/mol. The van der Waals surface area contributed by atoms with Crippen molar-refractivity contribution in [1.82, 2.24) is 5.32 Å². The summed E-state index contributed by atoms with van der Waals surface area (Å²) in [5.74, 6) is 0. The van der Waals surface area contributed by atoms with Gasteiger partial charge in [0.25, 0.3) is 0 Å². The summed E-state index contributed by atoms with van der Waals surface area (Å²) in [6.07, 6.45) is 1.06. The van der Waals surface area contributed by atoms with Crippen LogP contribution in [-0.2, 0) is 10.2 Å². The van der Waals surface area contributed by atoms with Crippen molar-refractivity contribution in [1.29, 1.82) is 0 Å². The molecule has 1 aromatic rings. The summed E-state index contributed by atoms with van der Waals surface area (Å²) in [5.41, 5.74) is 2.96. The average Bonchev–Trinajstić information content (AvgIpc) is 2.33. The summed E-state index contributed by atoms with van der Waals surface area (Å²) >= 11 is 0. The smallest absolute Gasteiger partial charge is 0.0474 e. The fourth-order valence-electron chi connectivity index (χ4n) is 1.92. The van der Waals surface area contributed by atoms with Crippen LogP contribution in [0.3, 0.4) is 0 Å². The molecule has 2 heteroatoms. The number of hydrogen-bond donors (Lipinski definition) is 1. The van der Waals surface area contributed by atoms with Crippen molar-refractivity contribution >= 4 is 0 Å². The van der Waals surface area contributed by atoms with Crippen LogP contribution in [-0.4, -0.2) is 20.3 Å². The molecule has 0 saturated heterocycles. The molecular weight excluding hydrogens is 222 g/mol. The lowest BCUT2D eigenvalue weighted by atomic mass is 9.86. The van der Waals surface area contributed by atoms with Gasteiger partial charge in [-0.1, -0.05) is 45.0 Å². The van der Waals surface area contributed by atoms with E-state index in [4.69, 9.17) is 4.74 Å². The molecule has 0 spiro atoms. The molecule has 0 aromatic heterocycles. The van der Waals surface area contributed by atoms with Crippen LogP contribution in [0.4, 0.5) is 0 Å². The third-order valence-electron chi connectivity index (χ3n) is 3.25. The van der Waals surface area contributed by atoms with Gasteiger partial charge in [0.1, 0.15) is 0 Å². The van der Waals surface area contributed by atoms with Gasteiger partial charge in [-0.25, -0.2) is 0 Å². The first-order valence-corrected chi connectivity index (χ1v) is 6.78. The number of hydrogen-bond acceptors (Lipinski definition) is 2. The molecule has 2 nitrogen and oxygen atoms in total. The molecule has 0 bridgehead atoms. The van der Waals surface area contributed by atoms with E-state index in [-0.39, 0.29) is 5.41 Å². The molecule has 0 radical (unpaired) electrons. The Morgan fingerprint density at radius 2 is 1.78 bits per heavy atom. The van der Waals surface area contributed by atoms with Gasteiger partial charge in [-0.2, -0.15) is 0 Å². The van der Waals surface area contributed by atoms with E-state index in [2.05, 4.69) is 57.3 Å². The van der Waals surface area contributed by atoms with E-state index in [0.717, 1.165) is 19.6 Å². The number of ether oxygens (including phenoxy) is 1. The molecule has 102 valence electrons. The Kier molecular flexibility index (Phi) is 5.83. The summed E-state index contributed by atoms with van der Waals surface area (Å²) < 4.78 is 5.04. The third-order valence-corrected chi connectivity index (χ3v) is 3.25. The highest BCUT2D eigenvalue weighted by Gasteiger charge is 2.13. The lowest BCUT2D eigenvalue weighted by molar-refractivity contribution is 0.193. The van der Waals surface area contributed by atoms with E-state index in [1.165, 1.54) is 11.1 Å². The van der Waals surface area contributed by atoms with Crippen molar-refractivity contribution in [3.63, 3.8) is 0 Å². The topological polar surface area (TPSA) is 21.3 Å². The molecule has 0 aliphatic heterocycles. The number of nitrogens with one attached hydrogen (secondary N) is 1. The summed E-state index contributed by atoms with van der Waals surface area (Å²) in [6.45, 7) is 10.8. The highest BCUT2D eigenvalue weighted by Crippen LogP contribution is 2.23. The Balaban J connectivity index is 2.51. The van der Waals surface area contributed by atoms with Crippen LogP contribution in [0.2, 0.25) is 0 Å². The van der Waals surface area contributed by atoms with Gasteiger partial charge in [-0.05, 0) is 36.4 Å². The van der Waals surface area contributed by atoms with Crippen molar-refractivity contribution in [2.45, 2.75) is 45.6 Å². The minimum atomic E-state index is 0.230. The second kappa shape index (κ2) is 6.91. The minimum Gasteiger partial charge on any atom is -0.385 e. The number of methoxy groups -OCH3 is 1. The van der Waals surface area contributed by atoms with Gasteiger partial charge in [0.15, 0.2) is 0 Å². The van der Waals surface area contributed by atoms with E-state index in [0.29, 0.717) is 6.04 Å². The highest BCUT2D eigenvalue weighted by atomic mass is 16.5. The van der Waals surface area contributed by atoms with Gasteiger partial charge in [-0.15, -0.1) is 0 Å². The van der Waals surface area contributed by atoms with Gasteiger partial charge in [-0.3, -0.25) is 0 Å². The van der Waals surface area contributed by atoms with Crippen LogP contribution in [0.1, 0.15) is 51.3 Å². The van der Waals surface area contributed by atoms with E-state index in [9.17, 15) is 0 Å². The van der Waals surface area contributed by atoms with Crippen molar-refractivity contribution in [3.8, 4) is 0 Å². The lowest BCUT2D eigenvalue weighted by Gasteiger charge is -2.20. The van der Waals surface area contributed by atoms with Gasteiger partial charge in [0.2, 0.25) is 0 Å². The van der Waals surface area contributed by atoms with Crippen molar-refractivity contribution in [3.05, 3.63) is 35.4 Å². The van der Waals surface area contributed by atoms with Gasteiger partial charge in [0, 0.05) is 19.8 Å². The first-order valence-electron chi connectivity index (χ1n) is 6.78. The summed E-state index contributed by atoms with van der Waals surface area (Å²) in [6, 6.07) is 9.34. The Bertz CT molecular complexity index is 337. The normalized spacial score (nSPS) is 13.6. The minimum absolute atomic E-state index is 0.230. The summed E-state index contributed by atoms with van der Waals surface area (Å²) in [4.78, 5) is 0. The van der Waals surface area contributed by atoms with Crippen molar-refractivity contribution in [2.75, 3.05) is 20.3 Å². The molecule has 0 aliphatic rings. The quantitative estimate of drug-likeness (QED) is 0.777. The molecule has 1 aromatic carbocycles. The molecule has 18 heavy (non-hydrogen) atoms. The Morgan fingerprint density at radius 3 is 2.28 bits per heavy atom. The van der Waals surface area contributed by atoms with E-state index in [1.54, 1.807) is 7.11 Å². The maximum atomic E-state index is 5.04. The predicted octanol–water partition coefficient (Wildman–Crippen LogP) is 3.67. The molecule has 0 amide bonds. The first kappa shape index (κ1) is 15.2. The number of benzene rings is 1. The molecule has 0 heterocycles. The Morgan fingerprint density at radius 1 is 1.17 bits per heavy atom. The second-order valence-corrected chi connectivity index (χ2v) is 5.89. The largest absolute Gasteiger partial charge is 0.385 e. The zero-order valence-electron chi connectivity index (χ0n) is 12.4. The predicted molar refractivity (Wildman–Crippen MR) is 78.1 cm³/mol. The van der Waals surface area contributed by atoms with Gasteiger partial charge in [0.05, 0.1) is 0 Å². The Labute approximate surface area is 112 Å². The zero-order chi connectivity index (χ0) is 13.6. The van der Waals surface area contributed by atoms with Crippen LogP contribution < -0.4 is 5.32 Å². The maximum absolute atomic E-state index is 5.04. The fraction of sp³-hybridized carbons (Fsp3) is 0.625. The van der Waals surface area contributed by atoms with Gasteiger partial charge < -0.3 is 10.1 Å². The third kappa shape index (κ3) is 4.79. The number of rotatable bonds is 6. The monoisotopic (exact) mass is 249 g/mol. The SMILES string of the molecule is COCCCNC(C)c1ccc(C(C)(C)C)cc1. The van der Waals surface area contributed by atoms with E-state index in [1.807, 2.05) is 0 Å². The molecular formula is C16H27NO. The summed E-state index contributed by atoms with van der Waals surface area (Å²) in [7, 11) is 1.74.